The molecule has 1 heterocycles. The minimum atomic E-state index is -0.431. The van der Waals surface area contributed by atoms with Crippen LogP contribution < -0.4 is 10.6 Å². The molecule has 0 saturated carbocycles. The average molecular weight is 293 g/mol. The third-order valence-corrected chi connectivity index (χ3v) is 2.72. The van der Waals surface area contributed by atoms with Gasteiger partial charge in [0.05, 0.1) is 6.54 Å². The summed E-state index contributed by atoms with van der Waals surface area (Å²) in [6.07, 6.45) is 0. The van der Waals surface area contributed by atoms with E-state index in [9.17, 15) is 9.59 Å². The van der Waals surface area contributed by atoms with Crippen molar-refractivity contribution >= 4 is 29.1 Å². The Morgan fingerprint density at radius 2 is 2.05 bits per heavy atom. The van der Waals surface area contributed by atoms with Crippen molar-refractivity contribution in [2.45, 2.75) is 6.92 Å². The van der Waals surface area contributed by atoms with Crippen molar-refractivity contribution in [1.29, 1.82) is 0 Å². The van der Waals surface area contributed by atoms with Crippen LogP contribution in [0, 0.1) is 6.92 Å². The van der Waals surface area contributed by atoms with E-state index in [1.54, 1.807) is 43.3 Å². The molecule has 0 fully saturated rings. The standard InChI is InChI=1S/C14H13ClN2O3/c1-9-5-6-12(20-9)14(19)16-8-13(18)17-11-4-2-3-10(15)7-11/h2-7H,8H2,1H3,(H,16,19)(H,17,18). The molecule has 0 aliphatic heterocycles. The number of amides is 2. The molecule has 0 saturated heterocycles. The molecular formula is C14H13ClN2O3. The summed E-state index contributed by atoms with van der Waals surface area (Å²) in [6, 6.07) is 10.00. The second kappa shape index (κ2) is 6.25. The van der Waals surface area contributed by atoms with E-state index in [0.29, 0.717) is 16.5 Å². The summed E-state index contributed by atoms with van der Waals surface area (Å²) in [4.78, 5) is 23.3. The number of furan rings is 1. The summed E-state index contributed by atoms with van der Waals surface area (Å²) in [7, 11) is 0. The molecule has 1 aromatic heterocycles. The average Bonchev–Trinajstić information content (AvgIpc) is 2.83. The number of rotatable bonds is 4. The summed E-state index contributed by atoms with van der Waals surface area (Å²) in [5, 5.41) is 5.62. The first-order valence-corrected chi connectivity index (χ1v) is 6.32. The molecule has 104 valence electrons. The predicted octanol–water partition coefficient (Wildman–Crippen LogP) is 2.61. The number of hydrogen-bond donors (Lipinski definition) is 2. The van der Waals surface area contributed by atoms with E-state index in [1.807, 2.05) is 0 Å². The lowest BCUT2D eigenvalue weighted by molar-refractivity contribution is -0.115. The maximum absolute atomic E-state index is 11.7. The van der Waals surface area contributed by atoms with Gasteiger partial charge in [0, 0.05) is 10.7 Å². The topological polar surface area (TPSA) is 71.3 Å². The van der Waals surface area contributed by atoms with Gasteiger partial charge in [-0.25, -0.2) is 0 Å². The lowest BCUT2D eigenvalue weighted by Crippen LogP contribution is -2.32. The summed E-state index contributed by atoms with van der Waals surface area (Å²) < 4.78 is 5.15. The van der Waals surface area contributed by atoms with Crippen molar-refractivity contribution in [2.75, 3.05) is 11.9 Å². The fraction of sp³-hybridized carbons (Fsp3) is 0.143. The largest absolute Gasteiger partial charge is 0.456 e. The number of hydrogen-bond acceptors (Lipinski definition) is 3. The molecular weight excluding hydrogens is 280 g/mol. The van der Waals surface area contributed by atoms with Crippen molar-refractivity contribution < 1.29 is 14.0 Å². The molecule has 2 aromatic rings. The predicted molar refractivity (Wildman–Crippen MR) is 75.9 cm³/mol. The fourth-order valence-electron chi connectivity index (χ4n) is 1.58. The van der Waals surface area contributed by atoms with Gasteiger partial charge in [-0.05, 0) is 37.3 Å². The number of nitrogens with one attached hydrogen (secondary N) is 2. The van der Waals surface area contributed by atoms with Crippen LogP contribution in [0.25, 0.3) is 0 Å². The summed E-state index contributed by atoms with van der Waals surface area (Å²) >= 11 is 5.80. The zero-order chi connectivity index (χ0) is 14.5. The van der Waals surface area contributed by atoms with Crippen molar-refractivity contribution in [1.82, 2.24) is 5.32 Å². The van der Waals surface area contributed by atoms with E-state index >= 15 is 0 Å². The fourth-order valence-corrected chi connectivity index (χ4v) is 1.77. The molecule has 0 unspecified atom stereocenters. The normalized spacial score (nSPS) is 10.1. The molecule has 2 rings (SSSR count). The van der Waals surface area contributed by atoms with Crippen LogP contribution in [0.4, 0.5) is 5.69 Å². The van der Waals surface area contributed by atoms with Crippen molar-refractivity contribution in [3.63, 3.8) is 0 Å². The van der Waals surface area contributed by atoms with E-state index in [2.05, 4.69) is 10.6 Å². The molecule has 0 bridgehead atoms. The number of aryl methyl sites for hydroxylation is 1. The van der Waals surface area contributed by atoms with Gasteiger partial charge < -0.3 is 15.1 Å². The minimum Gasteiger partial charge on any atom is -0.456 e. The van der Waals surface area contributed by atoms with Gasteiger partial charge in [0.15, 0.2) is 5.76 Å². The highest BCUT2D eigenvalue weighted by Gasteiger charge is 2.11. The smallest absolute Gasteiger partial charge is 0.287 e. The van der Waals surface area contributed by atoms with Gasteiger partial charge in [0.1, 0.15) is 5.76 Å². The molecule has 0 radical (unpaired) electrons. The third kappa shape index (κ3) is 3.86. The number of carbonyl (C=O) groups is 2. The summed E-state index contributed by atoms with van der Waals surface area (Å²) in [6.45, 7) is 1.59. The van der Waals surface area contributed by atoms with Crippen LogP contribution in [0.2, 0.25) is 5.02 Å². The first kappa shape index (κ1) is 14.1. The van der Waals surface area contributed by atoms with Crippen molar-refractivity contribution in [3.8, 4) is 0 Å². The van der Waals surface area contributed by atoms with Gasteiger partial charge in [0.2, 0.25) is 5.91 Å². The van der Waals surface area contributed by atoms with Crippen LogP contribution in [0.15, 0.2) is 40.8 Å². The molecule has 1 aromatic carbocycles. The Morgan fingerprint density at radius 1 is 1.25 bits per heavy atom. The Hall–Kier alpha value is -2.27. The van der Waals surface area contributed by atoms with E-state index in [1.165, 1.54) is 0 Å². The highest BCUT2D eigenvalue weighted by molar-refractivity contribution is 6.30. The van der Waals surface area contributed by atoms with Crippen LogP contribution in [-0.4, -0.2) is 18.4 Å². The van der Waals surface area contributed by atoms with Crippen LogP contribution in [0.5, 0.6) is 0 Å². The maximum Gasteiger partial charge on any atom is 0.287 e. The Balaban J connectivity index is 1.85. The van der Waals surface area contributed by atoms with Gasteiger partial charge in [-0.3, -0.25) is 9.59 Å². The number of benzene rings is 1. The first-order valence-electron chi connectivity index (χ1n) is 5.94. The van der Waals surface area contributed by atoms with E-state index in [0.717, 1.165) is 0 Å². The Morgan fingerprint density at radius 3 is 2.70 bits per heavy atom. The number of carbonyl (C=O) groups excluding carboxylic acids is 2. The third-order valence-electron chi connectivity index (χ3n) is 2.48. The van der Waals surface area contributed by atoms with Crippen LogP contribution in [-0.2, 0) is 4.79 Å². The molecule has 5 nitrogen and oxygen atoms in total. The second-order valence-electron chi connectivity index (χ2n) is 4.15. The molecule has 20 heavy (non-hydrogen) atoms. The second-order valence-corrected chi connectivity index (χ2v) is 4.59. The zero-order valence-corrected chi connectivity index (χ0v) is 11.5. The molecule has 0 aliphatic carbocycles. The maximum atomic E-state index is 11.7. The SMILES string of the molecule is Cc1ccc(C(=O)NCC(=O)Nc2cccc(Cl)c2)o1. The molecule has 0 spiro atoms. The van der Waals surface area contributed by atoms with E-state index in [-0.39, 0.29) is 18.2 Å². The van der Waals surface area contributed by atoms with Crippen LogP contribution in [0.1, 0.15) is 16.3 Å². The summed E-state index contributed by atoms with van der Waals surface area (Å²) in [5.41, 5.74) is 0.575. The van der Waals surface area contributed by atoms with Crippen molar-refractivity contribution in [2.24, 2.45) is 0 Å². The Bertz CT molecular complexity index is 637. The zero-order valence-electron chi connectivity index (χ0n) is 10.8. The minimum absolute atomic E-state index is 0.148. The van der Waals surface area contributed by atoms with E-state index in [4.69, 9.17) is 16.0 Å². The first-order chi connectivity index (χ1) is 9.54. The highest BCUT2D eigenvalue weighted by atomic mass is 35.5. The number of halogens is 1. The lowest BCUT2D eigenvalue weighted by atomic mass is 10.3. The van der Waals surface area contributed by atoms with Crippen LogP contribution >= 0.6 is 11.6 Å². The van der Waals surface area contributed by atoms with Gasteiger partial charge >= 0.3 is 0 Å². The summed E-state index contributed by atoms with van der Waals surface area (Å²) in [5.74, 6) is 0.0415. The Labute approximate surface area is 120 Å². The van der Waals surface area contributed by atoms with Gasteiger partial charge in [-0.15, -0.1) is 0 Å². The highest BCUT2D eigenvalue weighted by Crippen LogP contribution is 2.14. The van der Waals surface area contributed by atoms with Crippen LogP contribution in [0.3, 0.4) is 0 Å². The monoisotopic (exact) mass is 292 g/mol. The molecule has 2 N–H and O–H groups in total. The van der Waals surface area contributed by atoms with Gasteiger partial charge in [-0.1, -0.05) is 17.7 Å². The molecule has 2 amide bonds. The van der Waals surface area contributed by atoms with E-state index < -0.39 is 5.91 Å². The van der Waals surface area contributed by atoms with Gasteiger partial charge in [-0.2, -0.15) is 0 Å². The molecule has 0 atom stereocenters. The molecule has 6 heteroatoms. The van der Waals surface area contributed by atoms with Gasteiger partial charge in [0.25, 0.3) is 5.91 Å². The number of anilines is 1. The van der Waals surface area contributed by atoms with Crippen molar-refractivity contribution in [3.05, 3.63) is 52.9 Å². The Kier molecular flexibility index (Phi) is 4.42. The molecule has 0 aliphatic rings. The quantitative estimate of drug-likeness (QED) is 0.910. The lowest BCUT2D eigenvalue weighted by Gasteiger charge is -2.06.